The molecule has 0 spiro atoms. The molecule has 224 valence electrons. The molecular formula is C32H37Cl2N3O4S. The van der Waals surface area contributed by atoms with E-state index in [9.17, 15) is 18.0 Å². The molecule has 4 rings (SSSR count). The van der Waals surface area contributed by atoms with Gasteiger partial charge in [0.15, 0.2) is 0 Å². The minimum atomic E-state index is -3.86. The molecule has 10 heteroatoms. The number of amides is 2. The predicted octanol–water partition coefficient (Wildman–Crippen LogP) is 6.08. The van der Waals surface area contributed by atoms with Gasteiger partial charge in [-0.1, -0.05) is 78.5 Å². The van der Waals surface area contributed by atoms with Gasteiger partial charge in [0, 0.05) is 34.6 Å². The van der Waals surface area contributed by atoms with Crippen LogP contribution >= 0.6 is 23.2 Å². The van der Waals surface area contributed by atoms with Gasteiger partial charge in [0.25, 0.3) is 0 Å². The Morgan fingerprint density at radius 3 is 2.10 bits per heavy atom. The van der Waals surface area contributed by atoms with Crippen molar-refractivity contribution in [3.63, 3.8) is 0 Å². The maximum absolute atomic E-state index is 14.3. The molecule has 0 aliphatic heterocycles. The molecule has 1 fully saturated rings. The zero-order chi connectivity index (χ0) is 30.4. The third-order valence-electron chi connectivity index (χ3n) is 7.54. The minimum absolute atomic E-state index is 0.0272. The molecule has 0 saturated heterocycles. The highest BCUT2D eigenvalue weighted by Gasteiger charge is 2.35. The van der Waals surface area contributed by atoms with Crippen LogP contribution in [0.15, 0.2) is 66.7 Å². The van der Waals surface area contributed by atoms with E-state index in [-0.39, 0.29) is 24.9 Å². The second-order valence-electron chi connectivity index (χ2n) is 11.0. The molecule has 0 unspecified atom stereocenters. The zero-order valence-electron chi connectivity index (χ0n) is 24.1. The van der Waals surface area contributed by atoms with Gasteiger partial charge >= 0.3 is 0 Å². The monoisotopic (exact) mass is 629 g/mol. The van der Waals surface area contributed by atoms with Gasteiger partial charge < -0.3 is 10.2 Å². The number of nitrogens with one attached hydrogen (secondary N) is 1. The van der Waals surface area contributed by atoms with E-state index in [1.807, 2.05) is 50.2 Å². The standard InChI is InChI=1S/C32H37Cl2N3O4S/c1-22-16-23(2)18-26(17-22)37(42(3,40)41)21-31(38)36(20-27-28(33)14-9-15-29(27)34)30(19-24-10-5-4-6-11-24)32(39)35-25-12-7-8-13-25/h4-6,9-11,14-18,25,30H,7-8,12-13,19-21H2,1-3H3,(H,35,39)/t30-/m1/s1. The van der Waals surface area contributed by atoms with Gasteiger partial charge in [-0.15, -0.1) is 0 Å². The quantitative estimate of drug-likeness (QED) is 0.279. The first-order chi connectivity index (χ1) is 19.9. The number of hydrogen-bond acceptors (Lipinski definition) is 4. The van der Waals surface area contributed by atoms with E-state index in [2.05, 4.69) is 5.32 Å². The molecular weight excluding hydrogens is 593 g/mol. The molecule has 42 heavy (non-hydrogen) atoms. The Morgan fingerprint density at radius 1 is 0.929 bits per heavy atom. The van der Waals surface area contributed by atoms with Crippen LogP contribution in [0.5, 0.6) is 0 Å². The maximum Gasteiger partial charge on any atom is 0.244 e. The molecule has 3 aromatic carbocycles. The van der Waals surface area contributed by atoms with Crippen molar-refractivity contribution in [3.8, 4) is 0 Å². The summed E-state index contributed by atoms with van der Waals surface area (Å²) in [6.07, 6.45) is 5.12. The number of carbonyl (C=O) groups excluding carboxylic acids is 2. The molecule has 1 saturated carbocycles. The average molecular weight is 631 g/mol. The van der Waals surface area contributed by atoms with Crippen LogP contribution in [0.1, 0.15) is 47.9 Å². The highest BCUT2D eigenvalue weighted by Crippen LogP contribution is 2.29. The lowest BCUT2D eigenvalue weighted by Crippen LogP contribution is -2.54. The second kappa shape index (κ2) is 13.9. The van der Waals surface area contributed by atoms with Crippen LogP contribution in [-0.4, -0.2) is 50.0 Å². The third-order valence-corrected chi connectivity index (χ3v) is 9.39. The van der Waals surface area contributed by atoms with Crippen LogP contribution in [0, 0.1) is 13.8 Å². The number of carbonyl (C=O) groups is 2. The first kappa shape index (κ1) is 31.9. The summed E-state index contributed by atoms with van der Waals surface area (Å²) in [6, 6.07) is 19.0. The molecule has 1 aliphatic rings. The fourth-order valence-corrected chi connectivity index (χ4v) is 6.83. The SMILES string of the molecule is Cc1cc(C)cc(N(CC(=O)N(Cc2c(Cl)cccc2Cl)[C@H](Cc2ccccc2)C(=O)NC2CCCC2)S(C)(=O)=O)c1. The van der Waals surface area contributed by atoms with Gasteiger partial charge in [-0.05, 0) is 67.6 Å². The van der Waals surface area contributed by atoms with Crippen molar-refractivity contribution in [1.29, 1.82) is 0 Å². The van der Waals surface area contributed by atoms with Gasteiger partial charge in [-0.25, -0.2) is 8.42 Å². The summed E-state index contributed by atoms with van der Waals surface area (Å²) < 4.78 is 27.2. The number of halogens is 2. The Labute approximate surface area is 258 Å². The summed E-state index contributed by atoms with van der Waals surface area (Å²) in [6.45, 7) is 3.17. The Bertz CT molecular complexity index is 1490. The van der Waals surface area contributed by atoms with Crippen molar-refractivity contribution < 1.29 is 18.0 Å². The number of hydrogen-bond donors (Lipinski definition) is 1. The van der Waals surface area contributed by atoms with Crippen LogP contribution in [0.3, 0.4) is 0 Å². The number of benzene rings is 3. The van der Waals surface area contributed by atoms with Crippen LogP contribution in [0.25, 0.3) is 0 Å². The molecule has 7 nitrogen and oxygen atoms in total. The number of sulfonamides is 1. The van der Waals surface area contributed by atoms with Gasteiger partial charge in [-0.3, -0.25) is 13.9 Å². The van der Waals surface area contributed by atoms with Gasteiger partial charge in [-0.2, -0.15) is 0 Å². The zero-order valence-corrected chi connectivity index (χ0v) is 26.5. The Balaban J connectivity index is 1.77. The van der Waals surface area contributed by atoms with Crippen LogP contribution in [0.4, 0.5) is 5.69 Å². The summed E-state index contributed by atoms with van der Waals surface area (Å²) in [7, 11) is -3.86. The predicted molar refractivity (Wildman–Crippen MR) is 169 cm³/mol. The molecule has 0 radical (unpaired) electrons. The first-order valence-corrected chi connectivity index (χ1v) is 16.7. The third kappa shape index (κ3) is 8.27. The van der Waals surface area contributed by atoms with E-state index in [1.165, 1.54) is 4.90 Å². The number of rotatable bonds is 11. The fourth-order valence-electron chi connectivity index (χ4n) is 5.48. The van der Waals surface area contributed by atoms with Crippen molar-refractivity contribution >= 4 is 50.7 Å². The van der Waals surface area contributed by atoms with Gasteiger partial charge in [0.05, 0.1) is 11.9 Å². The lowest BCUT2D eigenvalue weighted by molar-refractivity contribution is -0.140. The molecule has 2 amide bonds. The molecule has 0 aromatic heterocycles. The van der Waals surface area contributed by atoms with Crippen LogP contribution in [-0.2, 0) is 32.6 Å². The van der Waals surface area contributed by atoms with Crippen molar-refractivity contribution in [3.05, 3.63) is 99.0 Å². The van der Waals surface area contributed by atoms with Crippen LogP contribution in [0.2, 0.25) is 10.0 Å². The molecule has 1 atom stereocenters. The van der Waals surface area contributed by atoms with E-state index in [4.69, 9.17) is 23.2 Å². The molecule has 0 heterocycles. The average Bonchev–Trinajstić information content (AvgIpc) is 3.43. The van der Waals surface area contributed by atoms with Gasteiger partial charge in [0.2, 0.25) is 21.8 Å². The van der Waals surface area contributed by atoms with E-state index >= 15 is 0 Å². The second-order valence-corrected chi connectivity index (χ2v) is 13.8. The largest absolute Gasteiger partial charge is 0.352 e. The van der Waals surface area contributed by atoms with E-state index < -0.39 is 28.5 Å². The smallest absolute Gasteiger partial charge is 0.244 e. The summed E-state index contributed by atoms with van der Waals surface area (Å²) >= 11 is 13.1. The maximum atomic E-state index is 14.3. The lowest BCUT2D eigenvalue weighted by atomic mass is 10.0. The number of anilines is 1. The van der Waals surface area contributed by atoms with Crippen molar-refractivity contribution in [1.82, 2.24) is 10.2 Å². The van der Waals surface area contributed by atoms with Crippen molar-refractivity contribution in [2.45, 2.75) is 64.6 Å². The number of nitrogens with zero attached hydrogens (tertiary/aromatic N) is 2. The normalized spacial score (nSPS) is 14.4. The minimum Gasteiger partial charge on any atom is -0.352 e. The summed E-state index contributed by atoms with van der Waals surface area (Å²) in [5, 5.41) is 3.85. The Morgan fingerprint density at radius 2 is 1.52 bits per heavy atom. The lowest BCUT2D eigenvalue weighted by Gasteiger charge is -2.34. The topological polar surface area (TPSA) is 86.8 Å². The van der Waals surface area contributed by atoms with E-state index in [0.717, 1.165) is 52.9 Å². The summed E-state index contributed by atoms with van der Waals surface area (Å²) in [5.41, 5.74) is 3.46. The van der Waals surface area contributed by atoms with Gasteiger partial charge in [0.1, 0.15) is 12.6 Å². The fraction of sp³-hybridized carbons (Fsp3) is 0.375. The summed E-state index contributed by atoms with van der Waals surface area (Å²) in [5.74, 6) is -0.836. The van der Waals surface area contributed by atoms with Crippen LogP contribution < -0.4 is 9.62 Å². The Kier molecular flexibility index (Phi) is 10.6. The first-order valence-electron chi connectivity index (χ1n) is 14.0. The molecule has 1 aliphatic carbocycles. The van der Waals surface area contributed by atoms with E-state index in [0.29, 0.717) is 21.3 Å². The van der Waals surface area contributed by atoms with Crippen molar-refractivity contribution in [2.24, 2.45) is 0 Å². The molecule has 0 bridgehead atoms. The highest BCUT2D eigenvalue weighted by molar-refractivity contribution is 7.92. The Hall–Kier alpha value is -3.07. The molecule has 1 N–H and O–H groups in total. The summed E-state index contributed by atoms with van der Waals surface area (Å²) in [4.78, 5) is 29.7. The van der Waals surface area contributed by atoms with E-state index in [1.54, 1.807) is 30.3 Å². The molecule has 3 aromatic rings. The highest BCUT2D eigenvalue weighted by atomic mass is 35.5. The van der Waals surface area contributed by atoms with Crippen molar-refractivity contribution in [2.75, 3.05) is 17.1 Å². The number of aryl methyl sites for hydroxylation is 2.